The van der Waals surface area contributed by atoms with Crippen LogP contribution in [-0.2, 0) is 16.1 Å². The predicted molar refractivity (Wildman–Crippen MR) is 149 cm³/mol. The van der Waals surface area contributed by atoms with Crippen LogP contribution in [0.15, 0.2) is 64.0 Å². The topological polar surface area (TPSA) is 84.9 Å². The number of nitrogens with zero attached hydrogens (tertiary/aromatic N) is 1. The first-order valence-electron chi connectivity index (χ1n) is 10.9. The number of nitrogens with one attached hydrogen (secondary N) is 1. The van der Waals surface area contributed by atoms with Gasteiger partial charge in [0.1, 0.15) is 5.82 Å². The van der Waals surface area contributed by atoms with Gasteiger partial charge in [-0.15, -0.1) is 0 Å². The summed E-state index contributed by atoms with van der Waals surface area (Å²) < 4.78 is 25.8. The minimum Gasteiger partial charge on any atom is -0.493 e. The van der Waals surface area contributed by atoms with Gasteiger partial charge >= 0.3 is 0 Å². The Morgan fingerprint density at radius 3 is 2.61 bits per heavy atom. The molecule has 1 fully saturated rings. The highest BCUT2D eigenvalue weighted by molar-refractivity contribution is 9.10. The molecular formula is C26H18BrCl2FN2O5S. The molecule has 0 atom stereocenters. The molecule has 1 aliphatic heterocycles. The van der Waals surface area contributed by atoms with Crippen molar-refractivity contribution < 1.29 is 28.2 Å². The van der Waals surface area contributed by atoms with Gasteiger partial charge in [-0.2, -0.15) is 0 Å². The third-order valence-corrected chi connectivity index (χ3v) is 7.79. The van der Waals surface area contributed by atoms with Crippen LogP contribution in [0.4, 0.5) is 14.9 Å². The van der Waals surface area contributed by atoms with Crippen molar-refractivity contribution >= 4 is 79.7 Å². The van der Waals surface area contributed by atoms with Crippen molar-refractivity contribution in [3.63, 3.8) is 0 Å². The van der Waals surface area contributed by atoms with E-state index >= 15 is 0 Å². The zero-order chi connectivity index (χ0) is 27.4. The molecule has 0 unspecified atom stereocenters. The number of carbonyl (C=O) groups is 3. The summed E-state index contributed by atoms with van der Waals surface area (Å²) in [6.45, 7) is -0.570. The SMILES string of the molecule is COc1cc(C=C2SC(=O)N(Cc3c(F)cccc3Cl)C2=O)ccc1OCC(=O)Nc1ccc(Br)c(Cl)c1. The van der Waals surface area contributed by atoms with Crippen LogP contribution in [0.2, 0.25) is 10.0 Å². The Bertz CT molecular complexity index is 1450. The number of methoxy groups -OCH3 is 1. The smallest absolute Gasteiger partial charge is 0.293 e. The summed E-state index contributed by atoms with van der Waals surface area (Å²) >= 11 is 16.1. The van der Waals surface area contributed by atoms with E-state index in [1.807, 2.05) is 0 Å². The second-order valence-electron chi connectivity index (χ2n) is 7.84. The standard InChI is InChI=1S/C26H18BrCl2FN2O5S/c1-36-22-9-14(5-8-21(22)37-13-24(33)31-15-6-7-17(27)19(29)11-15)10-23-25(34)32(26(35)38-23)12-16-18(28)3-2-4-20(16)30/h2-11H,12-13H2,1H3,(H,31,33). The van der Waals surface area contributed by atoms with Gasteiger partial charge in [-0.05, 0) is 81.8 Å². The van der Waals surface area contributed by atoms with E-state index in [4.69, 9.17) is 32.7 Å². The Labute approximate surface area is 240 Å². The van der Waals surface area contributed by atoms with E-state index in [1.165, 1.54) is 31.4 Å². The molecule has 1 N–H and O–H groups in total. The average molecular weight is 640 g/mol. The largest absolute Gasteiger partial charge is 0.493 e. The van der Waals surface area contributed by atoms with E-state index in [0.29, 0.717) is 32.2 Å². The molecule has 38 heavy (non-hydrogen) atoms. The van der Waals surface area contributed by atoms with Crippen molar-refractivity contribution in [1.82, 2.24) is 4.90 Å². The number of rotatable bonds is 8. The molecule has 3 amide bonds. The summed E-state index contributed by atoms with van der Waals surface area (Å²) in [5, 5.41) is 2.73. The molecule has 3 aromatic carbocycles. The lowest BCUT2D eigenvalue weighted by Crippen LogP contribution is -2.28. The molecule has 0 aliphatic carbocycles. The van der Waals surface area contributed by atoms with E-state index in [2.05, 4.69) is 21.2 Å². The van der Waals surface area contributed by atoms with Gasteiger partial charge in [0.05, 0.1) is 23.6 Å². The third-order valence-electron chi connectivity index (χ3n) is 5.30. The van der Waals surface area contributed by atoms with E-state index < -0.39 is 22.9 Å². The fraction of sp³-hybridized carbons (Fsp3) is 0.115. The number of benzene rings is 3. The summed E-state index contributed by atoms with van der Waals surface area (Å²) in [6, 6.07) is 14.0. The summed E-state index contributed by atoms with van der Waals surface area (Å²) in [5.41, 5.74) is 1.13. The number of ether oxygens (including phenoxy) is 2. The number of hydrogen-bond acceptors (Lipinski definition) is 6. The van der Waals surface area contributed by atoms with Gasteiger partial charge in [0.15, 0.2) is 18.1 Å². The highest BCUT2D eigenvalue weighted by Gasteiger charge is 2.36. The van der Waals surface area contributed by atoms with Crippen molar-refractivity contribution in [3.05, 3.63) is 91.0 Å². The maximum absolute atomic E-state index is 14.2. The lowest BCUT2D eigenvalue weighted by Gasteiger charge is -2.14. The Balaban J connectivity index is 1.43. The van der Waals surface area contributed by atoms with Crippen LogP contribution in [0.3, 0.4) is 0 Å². The van der Waals surface area contributed by atoms with Gasteiger partial charge in [0.2, 0.25) is 0 Å². The average Bonchev–Trinajstić information content (AvgIpc) is 3.14. The molecule has 0 spiro atoms. The quantitative estimate of drug-likeness (QED) is 0.263. The number of halogens is 4. The van der Waals surface area contributed by atoms with Crippen LogP contribution in [-0.4, -0.2) is 35.7 Å². The maximum atomic E-state index is 14.2. The van der Waals surface area contributed by atoms with Gasteiger partial charge in [0, 0.05) is 20.7 Å². The van der Waals surface area contributed by atoms with Gasteiger partial charge in [0.25, 0.3) is 17.1 Å². The molecule has 0 radical (unpaired) electrons. The molecule has 0 bridgehead atoms. The van der Waals surface area contributed by atoms with E-state index in [9.17, 15) is 18.8 Å². The fourth-order valence-corrected chi connectivity index (χ4v) is 4.92. The summed E-state index contributed by atoms with van der Waals surface area (Å²) in [5.74, 6) is -0.955. The minimum atomic E-state index is -0.602. The third kappa shape index (κ3) is 6.50. The summed E-state index contributed by atoms with van der Waals surface area (Å²) in [4.78, 5) is 38.7. The van der Waals surface area contributed by atoms with Gasteiger partial charge in [-0.25, -0.2) is 4.39 Å². The lowest BCUT2D eigenvalue weighted by atomic mass is 10.1. The maximum Gasteiger partial charge on any atom is 0.293 e. The van der Waals surface area contributed by atoms with Gasteiger partial charge in [-0.1, -0.05) is 35.3 Å². The van der Waals surface area contributed by atoms with E-state index in [0.717, 1.165) is 16.7 Å². The van der Waals surface area contributed by atoms with Gasteiger partial charge < -0.3 is 14.8 Å². The molecule has 3 aromatic rings. The molecule has 0 saturated carbocycles. The van der Waals surface area contributed by atoms with Crippen molar-refractivity contribution in [1.29, 1.82) is 0 Å². The van der Waals surface area contributed by atoms with Crippen LogP contribution < -0.4 is 14.8 Å². The van der Waals surface area contributed by atoms with E-state index in [1.54, 1.807) is 36.4 Å². The number of anilines is 1. The molecule has 12 heteroatoms. The second kappa shape index (κ2) is 12.2. The van der Waals surface area contributed by atoms with E-state index in [-0.39, 0.29) is 28.6 Å². The number of amides is 3. The summed E-state index contributed by atoms with van der Waals surface area (Å²) in [7, 11) is 1.43. The summed E-state index contributed by atoms with van der Waals surface area (Å²) in [6.07, 6.45) is 1.52. The normalized spacial score (nSPS) is 14.2. The van der Waals surface area contributed by atoms with Crippen molar-refractivity contribution in [3.8, 4) is 11.5 Å². The van der Waals surface area contributed by atoms with Crippen molar-refractivity contribution in [2.75, 3.05) is 19.0 Å². The molecule has 1 saturated heterocycles. The van der Waals surface area contributed by atoms with Crippen LogP contribution in [0.1, 0.15) is 11.1 Å². The zero-order valence-corrected chi connectivity index (χ0v) is 23.5. The molecule has 7 nitrogen and oxygen atoms in total. The van der Waals surface area contributed by atoms with Crippen LogP contribution in [0, 0.1) is 5.82 Å². The second-order valence-corrected chi connectivity index (χ2v) is 10.5. The number of hydrogen-bond donors (Lipinski definition) is 1. The Kier molecular flexibility index (Phi) is 8.99. The number of imide groups is 1. The van der Waals surface area contributed by atoms with Crippen LogP contribution >= 0.6 is 50.9 Å². The molecular weight excluding hydrogens is 622 g/mol. The van der Waals surface area contributed by atoms with Crippen LogP contribution in [0.25, 0.3) is 6.08 Å². The first-order chi connectivity index (χ1) is 18.2. The monoisotopic (exact) mass is 638 g/mol. The molecule has 0 aromatic heterocycles. The fourth-order valence-electron chi connectivity index (χ4n) is 3.44. The highest BCUT2D eigenvalue weighted by Crippen LogP contribution is 2.36. The van der Waals surface area contributed by atoms with Crippen molar-refractivity contribution in [2.45, 2.75) is 6.54 Å². The predicted octanol–water partition coefficient (Wildman–Crippen LogP) is 7.16. The highest BCUT2D eigenvalue weighted by atomic mass is 79.9. The Morgan fingerprint density at radius 2 is 1.89 bits per heavy atom. The first kappa shape index (κ1) is 28.0. The Hall–Kier alpha value is -3.05. The molecule has 1 aliphatic rings. The lowest BCUT2D eigenvalue weighted by molar-refractivity contribution is -0.123. The van der Waals surface area contributed by atoms with Crippen LogP contribution in [0.5, 0.6) is 11.5 Å². The van der Waals surface area contributed by atoms with Gasteiger partial charge in [-0.3, -0.25) is 19.3 Å². The van der Waals surface area contributed by atoms with Crippen molar-refractivity contribution in [2.24, 2.45) is 0 Å². The first-order valence-corrected chi connectivity index (χ1v) is 13.3. The molecule has 1 heterocycles. The molecule has 196 valence electrons. The Morgan fingerprint density at radius 1 is 1.11 bits per heavy atom. The minimum absolute atomic E-state index is 0.0631. The molecule has 4 rings (SSSR count). The number of thioether (sulfide) groups is 1. The number of carbonyl (C=O) groups excluding carboxylic acids is 3. The zero-order valence-electron chi connectivity index (χ0n) is 19.6.